The predicted octanol–water partition coefficient (Wildman–Crippen LogP) is 4.26. The lowest BCUT2D eigenvalue weighted by Crippen LogP contribution is -2.53. The summed E-state index contributed by atoms with van der Waals surface area (Å²) in [4.78, 5) is 33.3. The molecule has 0 radical (unpaired) electrons. The third kappa shape index (κ3) is 5.95. The van der Waals surface area contributed by atoms with E-state index >= 15 is 0 Å². The van der Waals surface area contributed by atoms with Crippen LogP contribution >= 0.6 is 0 Å². The Morgan fingerprint density at radius 3 is 2.54 bits per heavy atom. The molecule has 1 aliphatic heterocycles. The van der Waals surface area contributed by atoms with Gasteiger partial charge in [-0.1, -0.05) is 6.08 Å². The number of rotatable bonds is 6. The van der Waals surface area contributed by atoms with Crippen molar-refractivity contribution in [2.75, 3.05) is 0 Å². The maximum absolute atomic E-state index is 13.9. The Hall–Kier alpha value is -3.40. The maximum Gasteiger partial charge on any atom is 0.264 e. The Balaban J connectivity index is 1.79. The summed E-state index contributed by atoms with van der Waals surface area (Å²) >= 11 is 0. The monoisotopic (exact) mass is 512 g/mol. The van der Waals surface area contributed by atoms with E-state index in [4.69, 9.17) is 4.98 Å². The minimum atomic E-state index is -3.01. The first kappa shape index (κ1) is 26.7. The summed E-state index contributed by atoms with van der Waals surface area (Å²) in [7, 11) is 0. The fourth-order valence-corrected chi connectivity index (χ4v) is 5.22. The second-order valence-electron chi connectivity index (χ2n) is 11.4. The maximum atomic E-state index is 13.9. The Bertz CT molecular complexity index is 1460. The van der Waals surface area contributed by atoms with Crippen LogP contribution in [0.3, 0.4) is 0 Å². The lowest BCUT2D eigenvalue weighted by molar-refractivity contribution is 0.00165. The second-order valence-corrected chi connectivity index (χ2v) is 11.4. The molecule has 3 aromatic heterocycles. The van der Waals surface area contributed by atoms with Gasteiger partial charge in [-0.3, -0.25) is 9.59 Å². The molecule has 8 nitrogen and oxygen atoms in total. The number of hydrogen-bond donors (Lipinski definition) is 3. The van der Waals surface area contributed by atoms with Gasteiger partial charge in [-0.05, 0) is 71.2 Å². The number of amides is 1. The van der Waals surface area contributed by atoms with E-state index in [9.17, 15) is 18.4 Å². The number of aromatic nitrogens is 4. The van der Waals surface area contributed by atoms with Crippen molar-refractivity contribution in [3.05, 3.63) is 62.8 Å². The molecular formula is C27H34F2N6O2. The first-order valence-electron chi connectivity index (χ1n) is 12.3. The van der Waals surface area contributed by atoms with Crippen LogP contribution in [0.15, 0.2) is 29.2 Å². The van der Waals surface area contributed by atoms with Crippen LogP contribution in [0.5, 0.6) is 0 Å². The largest absolute Gasteiger partial charge is 0.348 e. The summed E-state index contributed by atoms with van der Waals surface area (Å²) in [6, 6.07) is 3.52. The number of halogens is 2. The molecule has 0 saturated heterocycles. The molecule has 1 amide bonds. The minimum absolute atomic E-state index is 0.0211. The zero-order valence-corrected chi connectivity index (χ0v) is 22.3. The van der Waals surface area contributed by atoms with Gasteiger partial charge in [0.25, 0.3) is 17.4 Å². The molecule has 4 rings (SSSR count). The number of carbonyl (C=O) groups excluding carboxylic acids is 1. The standard InChI is InChI=1S/C27H34F2N6O2/c1-15-8-16(2)32-24(37)19(15)12-30-23(36)18-9-21(17-10-25(3,4)34-26(5,6)11-17)33-22-20(18)13-31-35(22)14-27(7,28)29/h8-10,13,34H,11-12,14H2,1-7H3,(H,30,36)(H,32,37). The molecule has 3 N–H and O–H groups in total. The number of hydrogen-bond acceptors (Lipinski definition) is 5. The van der Waals surface area contributed by atoms with Crippen LogP contribution in [0.2, 0.25) is 0 Å². The summed E-state index contributed by atoms with van der Waals surface area (Å²) in [5.74, 6) is -3.45. The summed E-state index contributed by atoms with van der Waals surface area (Å²) in [5, 5.41) is 10.9. The SMILES string of the molecule is Cc1cc(C)c(CNC(=O)c2cc(C3=CC(C)(C)NC(C)(C)C3)nc3c2cnn3CC(C)(F)F)c(=O)[nH]1. The molecule has 1 aliphatic rings. The molecule has 37 heavy (non-hydrogen) atoms. The number of aryl methyl sites for hydroxylation is 2. The van der Waals surface area contributed by atoms with Crippen LogP contribution in [0.1, 0.15) is 73.9 Å². The van der Waals surface area contributed by atoms with E-state index < -0.39 is 18.4 Å². The quantitative estimate of drug-likeness (QED) is 0.458. The number of aromatic amines is 1. The molecule has 0 unspecified atom stereocenters. The molecule has 10 heteroatoms. The molecule has 0 aromatic carbocycles. The fourth-order valence-electron chi connectivity index (χ4n) is 5.22. The number of fused-ring (bicyclic) bond motifs is 1. The van der Waals surface area contributed by atoms with Crippen LogP contribution in [-0.2, 0) is 13.1 Å². The van der Waals surface area contributed by atoms with E-state index in [1.807, 2.05) is 26.8 Å². The van der Waals surface area contributed by atoms with Gasteiger partial charge in [0.2, 0.25) is 0 Å². The molecule has 0 aliphatic carbocycles. The van der Waals surface area contributed by atoms with Crippen molar-refractivity contribution in [3.8, 4) is 0 Å². The van der Waals surface area contributed by atoms with Gasteiger partial charge < -0.3 is 15.6 Å². The Morgan fingerprint density at radius 1 is 1.22 bits per heavy atom. The summed E-state index contributed by atoms with van der Waals surface area (Å²) < 4.78 is 29.0. The van der Waals surface area contributed by atoms with Crippen molar-refractivity contribution >= 4 is 22.5 Å². The molecule has 4 heterocycles. The highest BCUT2D eigenvalue weighted by Crippen LogP contribution is 2.34. The zero-order chi connectivity index (χ0) is 27.3. The lowest BCUT2D eigenvalue weighted by Gasteiger charge is -2.41. The van der Waals surface area contributed by atoms with Crippen molar-refractivity contribution in [1.82, 2.24) is 30.4 Å². The van der Waals surface area contributed by atoms with Crippen molar-refractivity contribution in [2.24, 2.45) is 0 Å². The number of alkyl halides is 2. The van der Waals surface area contributed by atoms with Crippen LogP contribution in [0.4, 0.5) is 8.78 Å². The van der Waals surface area contributed by atoms with Gasteiger partial charge in [0, 0.05) is 35.8 Å². The molecule has 0 bridgehead atoms. The highest BCUT2D eigenvalue weighted by atomic mass is 19.3. The van der Waals surface area contributed by atoms with Gasteiger partial charge in [-0.25, -0.2) is 18.4 Å². The predicted molar refractivity (Wildman–Crippen MR) is 140 cm³/mol. The summed E-state index contributed by atoms with van der Waals surface area (Å²) in [5.41, 5.74) is 3.03. The molecule has 3 aromatic rings. The molecule has 0 fully saturated rings. The van der Waals surface area contributed by atoms with Gasteiger partial charge in [-0.2, -0.15) is 5.10 Å². The van der Waals surface area contributed by atoms with E-state index in [1.165, 1.54) is 6.20 Å². The van der Waals surface area contributed by atoms with Crippen LogP contribution in [-0.4, -0.2) is 42.7 Å². The minimum Gasteiger partial charge on any atom is -0.348 e. The Kier molecular flexibility index (Phi) is 6.60. The summed E-state index contributed by atoms with van der Waals surface area (Å²) in [6.07, 6.45) is 4.08. The average molecular weight is 513 g/mol. The smallest absolute Gasteiger partial charge is 0.264 e. The van der Waals surface area contributed by atoms with E-state index in [2.05, 4.69) is 40.6 Å². The van der Waals surface area contributed by atoms with Crippen molar-refractivity contribution in [3.63, 3.8) is 0 Å². The van der Waals surface area contributed by atoms with E-state index in [-0.39, 0.29) is 34.4 Å². The number of nitrogens with zero attached hydrogens (tertiary/aromatic N) is 3. The van der Waals surface area contributed by atoms with Crippen LogP contribution < -0.4 is 16.2 Å². The van der Waals surface area contributed by atoms with Gasteiger partial charge in [0.05, 0.1) is 22.8 Å². The van der Waals surface area contributed by atoms with Gasteiger partial charge in [0.1, 0.15) is 6.54 Å². The Morgan fingerprint density at radius 2 is 1.92 bits per heavy atom. The highest BCUT2D eigenvalue weighted by molar-refractivity contribution is 6.06. The normalized spacial score (nSPS) is 17.1. The third-order valence-electron chi connectivity index (χ3n) is 6.36. The van der Waals surface area contributed by atoms with Crippen molar-refractivity contribution in [1.29, 1.82) is 0 Å². The highest BCUT2D eigenvalue weighted by Gasteiger charge is 2.34. The molecule has 0 saturated carbocycles. The third-order valence-corrected chi connectivity index (χ3v) is 6.36. The number of carbonyl (C=O) groups is 1. The fraction of sp³-hybridized carbons (Fsp3) is 0.481. The number of pyridine rings is 2. The van der Waals surface area contributed by atoms with E-state index in [1.54, 1.807) is 13.0 Å². The Labute approximate surface area is 214 Å². The molecule has 0 spiro atoms. The van der Waals surface area contributed by atoms with Gasteiger partial charge in [0.15, 0.2) is 5.65 Å². The zero-order valence-electron chi connectivity index (χ0n) is 22.3. The molecular weight excluding hydrogens is 478 g/mol. The average Bonchev–Trinajstić information content (AvgIpc) is 3.11. The number of nitrogens with one attached hydrogen (secondary N) is 3. The molecule has 198 valence electrons. The van der Waals surface area contributed by atoms with Gasteiger partial charge >= 0.3 is 0 Å². The summed E-state index contributed by atoms with van der Waals surface area (Å²) in [6.45, 7) is 12.0. The van der Waals surface area contributed by atoms with E-state index in [0.29, 0.717) is 23.1 Å². The second kappa shape index (κ2) is 9.16. The topological polar surface area (TPSA) is 105 Å². The molecule has 0 atom stereocenters. The van der Waals surface area contributed by atoms with Crippen LogP contribution in [0.25, 0.3) is 16.6 Å². The van der Waals surface area contributed by atoms with Crippen LogP contribution in [0, 0.1) is 13.8 Å². The van der Waals surface area contributed by atoms with Crippen molar-refractivity contribution in [2.45, 2.75) is 85.0 Å². The first-order valence-corrected chi connectivity index (χ1v) is 12.3. The van der Waals surface area contributed by atoms with Crippen molar-refractivity contribution < 1.29 is 13.6 Å². The van der Waals surface area contributed by atoms with Gasteiger partial charge in [-0.15, -0.1) is 0 Å². The number of H-pyrrole nitrogens is 1. The van der Waals surface area contributed by atoms with E-state index in [0.717, 1.165) is 28.4 Å². The lowest BCUT2D eigenvalue weighted by atomic mass is 9.82. The first-order chi connectivity index (χ1) is 17.0.